The average Bonchev–Trinajstić information content (AvgIpc) is 3.21. The molecule has 8 heteroatoms. The summed E-state index contributed by atoms with van der Waals surface area (Å²) in [6.45, 7) is 3.15. The Morgan fingerprint density at radius 2 is 2.16 bits per heavy atom. The number of hydrogen-bond donors (Lipinski definition) is 1. The first kappa shape index (κ1) is 17.9. The molecular weight excluding hydrogens is 356 g/mol. The Balaban J connectivity index is 1.51. The number of anilines is 1. The van der Waals surface area contributed by atoms with Gasteiger partial charge in [-0.2, -0.15) is 0 Å². The molecule has 1 atom stereocenters. The van der Waals surface area contributed by atoms with E-state index in [1.165, 1.54) is 16.9 Å². The minimum atomic E-state index is -0.325. The summed E-state index contributed by atoms with van der Waals surface area (Å²) in [5.41, 5.74) is 1.19. The van der Waals surface area contributed by atoms with Gasteiger partial charge in [0.1, 0.15) is 0 Å². The second-order valence-electron chi connectivity index (χ2n) is 5.77. The Labute approximate surface area is 155 Å². The van der Waals surface area contributed by atoms with Crippen molar-refractivity contribution in [2.45, 2.75) is 24.1 Å². The number of likely N-dealkylation sites (tertiary alicyclic amines) is 1. The highest BCUT2D eigenvalue weighted by atomic mass is 32.2. The number of rotatable bonds is 7. The van der Waals surface area contributed by atoms with E-state index in [1.54, 1.807) is 16.7 Å². The van der Waals surface area contributed by atoms with Gasteiger partial charge in [0.2, 0.25) is 16.9 Å². The van der Waals surface area contributed by atoms with Crippen molar-refractivity contribution in [2.75, 3.05) is 24.2 Å². The van der Waals surface area contributed by atoms with Crippen LogP contribution in [0.4, 0.5) is 5.13 Å². The molecule has 1 aromatic heterocycles. The summed E-state index contributed by atoms with van der Waals surface area (Å²) >= 11 is 2.96. The van der Waals surface area contributed by atoms with Crippen LogP contribution >= 0.6 is 23.1 Å². The highest BCUT2D eigenvalue weighted by Gasteiger charge is 2.34. The van der Waals surface area contributed by atoms with E-state index in [1.807, 2.05) is 37.3 Å². The lowest BCUT2D eigenvalue weighted by Crippen LogP contribution is -2.30. The lowest BCUT2D eigenvalue weighted by atomic mass is 10.1. The first-order chi connectivity index (χ1) is 12.2. The number of nitrogens with one attached hydrogen (secondary N) is 1. The average molecular weight is 377 g/mol. The monoisotopic (exact) mass is 376 g/mol. The van der Waals surface area contributed by atoms with E-state index in [-0.39, 0.29) is 24.2 Å². The van der Waals surface area contributed by atoms with Gasteiger partial charge in [-0.1, -0.05) is 60.4 Å². The van der Waals surface area contributed by atoms with Crippen LogP contribution in [0.15, 0.2) is 34.7 Å². The Morgan fingerprint density at radius 1 is 1.36 bits per heavy atom. The molecule has 3 rings (SSSR count). The number of hydrogen-bond acceptors (Lipinski definition) is 6. The molecule has 2 heterocycles. The zero-order chi connectivity index (χ0) is 17.6. The standard InChI is InChI=1S/C17H20N4O2S2/c1-2-24-17-20-19-16(25-17)18-15(23)13-10-14(22)21(11-13)9-8-12-6-4-3-5-7-12/h3-7,13H,2,8-11H2,1H3,(H,18,19,23). The van der Waals surface area contributed by atoms with E-state index in [0.717, 1.165) is 16.5 Å². The van der Waals surface area contributed by atoms with Crippen LogP contribution in [0.3, 0.4) is 0 Å². The maximum absolute atomic E-state index is 12.4. The van der Waals surface area contributed by atoms with Crippen LogP contribution in [-0.2, 0) is 16.0 Å². The number of nitrogens with zero attached hydrogens (tertiary/aromatic N) is 3. The van der Waals surface area contributed by atoms with Crippen molar-refractivity contribution >= 4 is 40.0 Å². The molecule has 0 saturated carbocycles. The van der Waals surface area contributed by atoms with E-state index in [9.17, 15) is 9.59 Å². The van der Waals surface area contributed by atoms with E-state index in [2.05, 4.69) is 15.5 Å². The third kappa shape index (κ3) is 4.79. The summed E-state index contributed by atoms with van der Waals surface area (Å²) in [5.74, 6) is 0.473. The van der Waals surface area contributed by atoms with Gasteiger partial charge in [-0.25, -0.2) is 0 Å². The molecule has 2 aromatic rings. The van der Waals surface area contributed by atoms with E-state index in [0.29, 0.717) is 18.2 Å². The molecule has 0 bridgehead atoms. The molecule has 1 aromatic carbocycles. The van der Waals surface area contributed by atoms with Crippen LogP contribution in [-0.4, -0.2) is 45.8 Å². The van der Waals surface area contributed by atoms with Crippen LogP contribution in [0.5, 0.6) is 0 Å². The first-order valence-electron chi connectivity index (χ1n) is 8.24. The zero-order valence-corrected chi connectivity index (χ0v) is 15.6. The van der Waals surface area contributed by atoms with Crippen molar-refractivity contribution in [1.82, 2.24) is 15.1 Å². The first-order valence-corrected chi connectivity index (χ1v) is 10.0. The van der Waals surface area contributed by atoms with Gasteiger partial charge in [0, 0.05) is 19.5 Å². The van der Waals surface area contributed by atoms with Crippen LogP contribution in [0, 0.1) is 5.92 Å². The van der Waals surface area contributed by atoms with Crippen LogP contribution in [0.2, 0.25) is 0 Å². The maximum Gasteiger partial charge on any atom is 0.231 e. The Kier molecular flexibility index (Phi) is 6.04. The van der Waals surface area contributed by atoms with Crippen LogP contribution < -0.4 is 5.32 Å². The molecule has 1 aliphatic rings. The van der Waals surface area contributed by atoms with Crippen molar-refractivity contribution in [3.63, 3.8) is 0 Å². The molecule has 1 aliphatic heterocycles. The molecule has 1 N–H and O–H groups in total. The molecule has 1 unspecified atom stereocenters. The molecule has 2 amide bonds. The van der Waals surface area contributed by atoms with Gasteiger partial charge in [0.15, 0.2) is 4.34 Å². The second kappa shape index (κ2) is 8.44. The quantitative estimate of drug-likeness (QED) is 0.594. The summed E-state index contributed by atoms with van der Waals surface area (Å²) in [6.07, 6.45) is 1.06. The van der Waals surface area contributed by atoms with Gasteiger partial charge >= 0.3 is 0 Å². The van der Waals surface area contributed by atoms with Crippen molar-refractivity contribution in [2.24, 2.45) is 5.92 Å². The van der Waals surface area contributed by atoms with Crippen molar-refractivity contribution in [3.8, 4) is 0 Å². The Morgan fingerprint density at radius 3 is 2.92 bits per heavy atom. The lowest BCUT2D eigenvalue weighted by Gasteiger charge is -2.16. The maximum atomic E-state index is 12.4. The second-order valence-corrected chi connectivity index (χ2v) is 8.26. The number of carbonyl (C=O) groups is 2. The number of aromatic nitrogens is 2. The van der Waals surface area contributed by atoms with Gasteiger partial charge in [0.25, 0.3) is 0 Å². The van der Waals surface area contributed by atoms with E-state index in [4.69, 9.17) is 0 Å². The smallest absolute Gasteiger partial charge is 0.231 e. The molecular formula is C17H20N4O2S2. The van der Waals surface area contributed by atoms with E-state index < -0.39 is 0 Å². The minimum Gasteiger partial charge on any atom is -0.342 e. The fourth-order valence-electron chi connectivity index (χ4n) is 2.72. The highest BCUT2D eigenvalue weighted by Crippen LogP contribution is 2.26. The predicted molar refractivity (Wildman–Crippen MR) is 99.8 cm³/mol. The van der Waals surface area contributed by atoms with Crippen LogP contribution in [0.1, 0.15) is 18.9 Å². The van der Waals surface area contributed by atoms with Crippen LogP contribution in [0.25, 0.3) is 0 Å². The number of carbonyl (C=O) groups excluding carboxylic acids is 2. The zero-order valence-electron chi connectivity index (χ0n) is 14.0. The van der Waals surface area contributed by atoms with Gasteiger partial charge in [-0.15, -0.1) is 10.2 Å². The highest BCUT2D eigenvalue weighted by molar-refractivity contribution is 8.01. The minimum absolute atomic E-state index is 0.0376. The van der Waals surface area contributed by atoms with Crippen molar-refractivity contribution < 1.29 is 9.59 Å². The molecule has 132 valence electrons. The predicted octanol–water partition coefficient (Wildman–Crippen LogP) is 2.68. The largest absolute Gasteiger partial charge is 0.342 e. The topological polar surface area (TPSA) is 75.2 Å². The van der Waals surface area contributed by atoms with Gasteiger partial charge in [-0.05, 0) is 17.7 Å². The molecule has 1 fully saturated rings. The summed E-state index contributed by atoms with van der Waals surface area (Å²) in [4.78, 5) is 26.3. The lowest BCUT2D eigenvalue weighted by molar-refractivity contribution is -0.128. The molecule has 25 heavy (non-hydrogen) atoms. The number of amides is 2. The number of thioether (sulfide) groups is 1. The SMILES string of the molecule is CCSc1nnc(NC(=O)C2CC(=O)N(CCc3ccccc3)C2)s1. The third-order valence-corrected chi connectivity index (χ3v) is 5.86. The number of benzene rings is 1. The summed E-state index contributed by atoms with van der Waals surface area (Å²) < 4.78 is 0.838. The van der Waals surface area contributed by atoms with Crippen molar-refractivity contribution in [1.29, 1.82) is 0 Å². The molecule has 0 aliphatic carbocycles. The molecule has 6 nitrogen and oxygen atoms in total. The third-order valence-electron chi connectivity index (χ3n) is 4.00. The fourth-order valence-corrected chi connectivity index (χ4v) is 4.37. The van der Waals surface area contributed by atoms with Gasteiger partial charge < -0.3 is 10.2 Å². The summed E-state index contributed by atoms with van der Waals surface area (Å²) in [7, 11) is 0. The summed E-state index contributed by atoms with van der Waals surface area (Å²) in [6, 6.07) is 10.1. The summed E-state index contributed by atoms with van der Waals surface area (Å²) in [5, 5.41) is 11.3. The Bertz CT molecular complexity index is 735. The van der Waals surface area contributed by atoms with Crippen molar-refractivity contribution in [3.05, 3.63) is 35.9 Å². The Hall–Kier alpha value is -1.93. The van der Waals surface area contributed by atoms with E-state index >= 15 is 0 Å². The van der Waals surface area contributed by atoms with Gasteiger partial charge in [-0.3, -0.25) is 9.59 Å². The fraction of sp³-hybridized carbons (Fsp3) is 0.412. The normalized spacial score (nSPS) is 17.1. The van der Waals surface area contributed by atoms with Gasteiger partial charge in [0.05, 0.1) is 5.92 Å². The molecule has 0 radical (unpaired) electrons. The molecule has 1 saturated heterocycles. The molecule has 0 spiro atoms.